The van der Waals surface area contributed by atoms with Gasteiger partial charge in [0.25, 0.3) is 5.91 Å². The van der Waals surface area contributed by atoms with Gasteiger partial charge < -0.3 is 47.2 Å². The monoisotopic (exact) mass is 931 g/mol. The van der Waals surface area contributed by atoms with Gasteiger partial charge in [-0.2, -0.15) is 4.98 Å². The van der Waals surface area contributed by atoms with Gasteiger partial charge >= 0.3 is 0 Å². The summed E-state index contributed by atoms with van der Waals surface area (Å²) < 4.78 is 15.7. The molecule has 3 aliphatic heterocycles. The SMILES string of the molecule is C=CC(=O)Nc1cccc(Nc2nc3c(c(Nc4ccccc4)n2)C(O)N(OC(C)CN2CCN(c4ccc(Nc5nc(Nc6cccc(NC(=O)C=C)c6)c(F)c6c5C(=O)NC6)cc4)CC2)C3)c1. The second-order valence-corrected chi connectivity index (χ2v) is 16.5. The largest absolute Gasteiger partial charge is 0.372 e. The first-order chi connectivity index (χ1) is 33.5. The topological polar surface area (TPSA) is 213 Å². The van der Waals surface area contributed by atoms with E-state index in [2.05, 4.69) is 65.2 Å². The van der Waals surface area contributed by atoms with E-state index in [9.17, 15) is 19.5 Å². The molecule has 3 aliphatic rings. The molecule has 352 valence electrons. The first-order valence-corrected chi connectivity index (χ1v) is 22.3. The van der Waals surface area contributed by atoms with Crippen LogP contribution in [-0.4, -0.2) is 86.6 Å². The number of fused-ring (bicyclic) bond motifs is 2. The van der Waals surface area contributed by atoms with Gasteiger partial charge in [-0.25, -0.2) is 14.4 Å². The van der Waals surface area contributed by atoms with Gasteiger partial charge in [0.15, 0.2) is 17.9 Å². The van der Waals surface area contributed by atoms with E-state index in [4.69, 9.17) is 14.8 Å². The standard InChI is InChI=1S/C50H50FN13O5/c1-4-40(65)53-33-13-9-15-35(25-33)57-47-44(51)38-27-52-48(67)42(38)45(60-47)56-32-17-19-37(20-18-32)63-23-21-62(22-24-63)28-30(3)69-64-29-39-43(49(64)68)46(55-31-11-7-6-8-12-31)61-50(59-39)58-36-16-10-14-34(26-36)54-41(66)5-2/h4-20,25-26,30,49,68H,1-2,21-24,27-29H2,3H3,(H,52,67)(H,53,65)(H,54,66)(H2,56,57,60)(H2,55,58,59,61). The number of aromatic nitrogens is 3. The molecular formula is C50H50FN13O5. The minimum atomic E-state index is -1.13. The van der Waals surface area contributed by atoms with Crippen LogP contribution in [0.4, 0.5) is 67.6 Å². The summed E-state index contributed by atoms with van der Waals surface area (Å²) in [6.07, 6.45) is 0.953. The number of para-hydroxylation sites is 1. The van der Waals surface area contributed by atoms with Gasteiger partial charge in [0.05, 0.1) is 29.5 Å². The van der Waals surface area contributed by atoms with Gasteiger partial charge in [-0.1, -0.05) is 43.5 Å². The number of nitrogens with one attached hydrogen (secondary N) is 7. The fraction of sp³-hybridized carbons (Fsp3) is 0.200. The molecule has 2 unspecified atom stereocenters. The Bertz CT molecular complexity index is 2910. The Hall–Kier alpha value is -8.23. The number of hydrogen-bond acceptors (Lipinski definition) is 15. The van der Waals surface area contributed by atoms with Crippen LogP contribution in [-0.2, 0) is 27.5 Å². The van der Waals surface area contributed by atoms with E-state index in [1.807, 2.05) is 67.6 Å². The molecule has 0 spiro atoms. The molecular weight excluding hydrogens is 882 g/mol. The number of pyridine rings is 1. The zero-order valence-corrected chi connectivity index (χ0v) is 37.6. The van der Waals surface area contributed by atoms with Crippen molar-refractivity contribution in [3.63, 3.8) is 0 Å². The normalized spacial score (nSPS) is 15.8. The molecule has 0 radical (unpaired) electrons. The second kappa shape index (κ2) is 20.3. The molecule has 4 aromatic carbocycles. The minimum absolute atomic E-state index is 0.0199. The highest BCUT2D eigenvalue weighted by Gasteiger charge is 2.37. The zero-order valence-electron chi connectivity index (χ0n) is 37.6. The summed E-state index contributed by atoms with van der Waals surface area (Å²) in [6.45, 7) is 12.9. The van der Waals surface area contributed by atoms with Gasteiger partial charge in [0.2, 0.25) is 17.8 Å². The van der Waals surface area contributed by atoms with E-state index in [-0.39, 0.29) is 53.8 Å². The maximum atomic E-state index is 15.7. The lowest BCUT2D eigenvalue weighted by Crippen LogP contribution is -2.49. The number of amides is 3. The molecule has 1 saturated heterocycles. The number of halogens is 1. The third kappa shape index (κ3) is 10.7. The van der Waals surface area contributed by atoms with Gasteiger partial charge in [0, 0.05) is 84.6 Å². The molecule has 69 heavy (non-hydrogen) atoms. The molecule has 0 bridgehead atoms. The van der Waals surface area contributed by atoms with Crippen molar-refractivity contribution >= 4 is 80.9 Å². The number of hydroxylamine groups is 2. The molecule has 19 heteroatoms. The van der Waals surface area contributed by atoms with Crippen molar-refractivity contribution in [2.24, 2.45) is 0 Å². The van der Waals surface area contributed by atoms with E-state index in [1.54, 1.807) is 42.5 Å². The van der Waals surface area contributed by atoms with Crippen LogP contribution in [0.5, 0.6) is 0 Å². The number of nitrogens with zero attached hydrogens (tertiary/aromatic N) is 6. The zero-order chi connectivity index (χ0) is 48.0. The van der Waals surface area contributed by atoms with Crippen LogP contribution < -0.4 is 42.1 Å². The quantitative estimate of drug-likeness (QED) is 0.0418. The van der Waals surface area contributed by atoms with Crippen molar-refractivity contribution in [1.82, 2.24) is 30.2 Å². The summed E-state index contributed by atoms with van der Waals surface area (Å²) in [4.78, 5) is 61.7. The number of aliphatic hydroxyl groups excluding tert-OH is 1. The summed E-state index contributed by atoms with van der Waals surface area (Å²) in [5.74, 6) is -0.919. The summed E-state index contributed by atoms with van der Waals surface area (Å²) >= 11 is 0. The lowest BCUT2D eigenvalue weighted by atomic mass is 10.1. The van der Waals surface area contributed by atoms with Crippen LogP contribution in [0.3, 0.4) is 0 Å². The average molecular weight is 932 g/mol. The predicted octanol–water partition coefficient (Wildman–Crippen LogP) is 7.43. The van der Waals surface area contributed by atoms with Crippen LogP contribution >= 0.6 is 0 Å². The van der Waals surface area contributed by atoms with Crippen molar-refractivity contribution < 1.29 is 28.7 Å². The average Bonchev–Trinajstić information content (AvgIpc) is 3.89. The maximum Gasteiger partial charge on any atom is 0.255 e. The smallest absolute Gasteiger partial charge is 0.255 e. The summed E-state index contributed by atoms with van der Waals surface area (Å²) in [6, 6.07) is 31.2. The Kier molecular flexibility index (Phi) is 13.5. The number of benzene rings is 4. The summed E-state index contributed by atoms with van der Waals surface area (Å²) in [7, 11) is 0. The minimum Gasteiger partial charge on any atom is -0.372 e. The lowest BCUT2D eigenvalue weighted by Gasteiger charge is -2.37. The lowest BCUT2D eigenvalue weighted by molar-refractivity contribution is -0.264. The van der Waals surface area contributed by atoms with Gasteiger partial charge in [-0.3, -0.25) is 24.1 Å². The van der Waals surface area contributed by atoms with Crippen molar-refractivity contribution in [2.45, 2.75) is 32.3 Å². The number of anilines is 11. The molecule has 8 N–H and O–H groups in total. The van der Waals surface area contributed by atoms with Crippen LogP contribution in [0.15, 0.2) is 128 Å². The summed E-state index contributed by atoms with van der Waals surface area (Å²) in [5.41, 5.74) is 6.12. The van der Waals surface area contributed by atoms with Gasteiger partial charge in [0.1, 0.15) is 11.6 Å². The van der Waals surface area contributed by atoms with E-state index >= 15 is 4.39 Å². The Labute approximate surface area is 397 Å². The molecule has 2 atom stereocenters. The van der Waals surface area contributed by atoms with Gasteiger partial charge in [-0.05, 0) is 91.9 Å². The van der Waals surface area contributed by atoms with Crippen molar-refractivity contribution in [3.05, 3.63) is 157 Å². The number of rotatable bonds is 17. The highest BCUT2D eigenvalue weighted by molar-refractivity contribution is 6.04. The van der Waals surface area contributed by atoms with Crippen LogP contribution in [0.2, 0.25) is 0 Å². The molecule has 18 nitrogen and oxygen atoms in total. The molecule has 5 heterocycles. The van der Waals surface area contributed by atoms with E-state index in [0.29, 0.717) is 58.0 Å². The Balaban J connectivity index is 0.811. The molecule has 6 aromatic rings. The summed E-state index contributed by atoms with van der Waals surface area (Å²) in [5, 5.41) is 34.1. The number of hydrogen-bond donors (Lipinski definition) is 8. The third-order valence-electron chi connectivity index (χ3n) is 11.6. The highest BCUT2D eigenvalue weighted by Crippen LogP contribution is 2.39. The molecule has 0 aliphatic carbocycles. The molecule has 0 saturated carbocycles. The number of aliphatic hydroxyl groups is 1. The second-order valence-electron chi connectivity index (χ2n) is 16.5. The van der Waals surface area contributed by atoms with Crippen molar-refractivity contribution in [1.29, 1.82) is 0 Å². The molecule has 2 aromatic heterocycles. The van der Waals surface area contributed by atoms with E-state index < -0.39 is 18.0 Å². The van der Waals surface area contributed by atoms with Gasteiger partial charge in [-0.15, -0.1) is 5.06 Å². The number of piperazine rings is 1. The molecule has 3 amide bonds. The highest BCUT2D eigenvalue weighted by atomic mass is 19.1. The van der Waals surface area contributed by atoms with Crippen LogP contribution in [0.25, 0.3) is 0 Å². The van der Waals surface area contributed by atoms with Crippen molar-refractivity contribution in [2.75, 3.05) is 69.5 Å². The van der Waals surface area contributed by atoms with Crippen LogP contribution in [0, 0.1) is 5.82 Å². The predicted molar refractivity (Wildman–Crippen MR) is 264 cm³/mol. The van der Waals surface area contributed by atoms with E-state index in [0.717, 1.165) is 43.6 Å². The van der Waals surface area contributed by atoms with E-state index in [1.165, 1.54) is 11.1 Å². The fourth-order valence-corrected chi connectivity index (χ4v) is 8.35. The Morgan fingerprint density at radius 1 is 0.768 bits per heavy atom. The first kappa shape index (κ1) is 45.9. The third-order valence-corrected chi connectivity index (χ3v) is 11.6. The Morgan fingerprint density at radius 2 is 1.36 bits per heavy atom. The van der Waals surface area contributed by atoms with Crippen LogP contribution in [0.1, 0.15) is 40.3 Å². The number of carbonyl (C=O) groups excluding carboxylic acids is 3. The number of carbonyl (C=O) groups is 3. The maximum absolute atomic E-state index is 15.7. The molecule has 9 rings (SSSR count). The Morgan fingerprint density at radius 3 is 2.03 bits per heavy atom. The first-order valence-electron chi connectivity index (χ1n) is 22.3. The van der Waals surface area contributed by atoms with Crippen molar-refractivity contribution in [3.8, 4) is 0 Å². The molecule has 1 fully saturated rings. The fourth-order valence-electron chi connectivity index (χ4n) is 8.35.